The van der Waals surface area contributed by atoms with Crippen molar-refractivity contribution in [2.75, 3.05) is 18.9 Å². The molecule has 2 N–H and O–H groups in total. The van der Waals surface area contributed by atoms with Crippen molar-refractivity contribution in [2.24, 2.45) is 5.41 Å². The molecule has 0 saturated carbocycles. The molecule has 0 aliphatic carbocycles. The molecular weight excluding hydrogens is 314 g/mol. The highest BCUT2D eigenvalue weighted by Gasteiger charge is 2.26. The molecule has 22 heavy (non-hydrogen) atoms. The third-order valence-electron chi connectivity index (χ3n) is 2.29. The summed E-state index contributed by atoms with van der Waals surface area (Å²) >= 11 is 0.952. The van der Waals surface area contributed by atoms with Gasteiger partial charge in [0.15, 0.2) is 5.12 Å². The summed E-state index contributed by atoms with van der Waals surface area (Å²) < 4.78 is 0. The van der Waals surface area contributed by atoms with E-state index >= 15 is 0 Å². The number of nitrogens with one attached hydrogen (secondary N) is 2. The summed E-state index contributed by atoms with van der Waals surface area (Å²) in [7, 11) is 0. The number of nitrogens with zero attached hydrogens (tertiary/aromatic N) is 1. The second-order valence-electron chi connectivity index (χ2n) is 5.45. The fourth-order valence-electron chi connectivity index (χ4n) is 1.22. The van der Waals surface area contributed by atoms with Gasteiger partial charge < -0.3 is 15.5 Å². The predicted octanol–water partition coefficient (Wildman–Crippen LogP) is 0.122. The van der Waals surface area contributed by atoms with Crippen LogP contribution in [-0.2, 0) is 19.2 Å². The Morgan fingerprint density at radius 3 is 2.36 bits per heavy atom. The molecule has 126 valence electrons. The number of rotatable bonds is 8. The minimum absolute atomic E-state index is 0.0756. The van der Waals surface area contributed by atoms with Crippen molar-refractivity contribution in [1.82, 2.24) is 10.6 Å². The van der Waals surface area contributed by atoms with Crippen LogP contribution in [0.2, 0.25) is 0 Å². The molecule has 0 saturated heterocycles. The Labute approximate surface area is 132 Å². The average molecular weight is 335 g/mol. The van der Waals surface area contributed by atoms with Crippen LogP contribution in [0.15, 0.2) is 0 Å². The third kappa shape index (κ3) is 9.16. The number of carbonyl (C=O) groups is 3. The van der Waals surface area contributed by atoms with Gasteiger partial charge in [-0.2, -0.15) is 0 Å². The molecule has 0 aromatic carbocycles. The van der Waals surface area contributed by atoms with Crippen LogP contribution in [0.1, 0.15) is 27.7 Å². The van der Waals surface area contributed by atoms with E-state index in [0.717, 1.165) is 11.8 Å². The van der Waals surface area contributed by atoms with Gasteiger partial charge in [-0.15, -0.1) is 10.1 Å². The Morgan fingerprint density at radius 2 is 1.91 bits per heavy atom. The molecular formula is C12H21N3O6S. The first kappa shape index (κ1) is 20.2. The average Bonchev–Trinajstić information content (AvgIpc) is 2.37. The smallest absolute Gasteiger partial charge is 0.294 e. The van der Waals surface area contributed by atoms with Crippen molar-refractivity contribution in [1.29, 1.82) is 0 Å². The van der Waals surface area contributed by atoms with Gasteiger partial charge in [-0.25, -0.2) is 0 Å². The monoisotopic (exact) mass is 335 g/mol. The van der Waals surface area contributed by atoms with E-state index in [1.807, 2.05) is 0 Å². The van der Waals surface area contributed by atoms with Crippen molar-refractivity contribution >= 4 is 28.7 Å². The molecule has 1 unspecified atom stereocenters. The van der Waals surface area contributed by atoms with Crippen LogP contribution >= 0.6 is 11.8 Å². The van der Waals surface area contributed by atoms with Crippen LogP contribution in [0.3, 0.4) is 0 Å². The lowest BCUT2D eigenvalue weighted by Crippen LogP contribution is -2.48. The SMILES string of the molecule is CC(=O)NC(CSC(=O)C(C)(C)C)C(=O)NCCO[N+](=O)[O-]. The first-order chi connectivity index (χ1) is 10.0. The lowest BCUT2D eigenvalue weighted by atomic mass is 10.00. The van der Waals surface area contributed by atoms with Gasteiger partial charge in [0.2, 0.25) is 11.8 Å². The fraction of sp³-hybridized carbons (Fsp3) is 0.750. The zero-order valence-corrected chi connectivity index (χ0v) is 13.8. The highest BCUT2D eigenvalue weighted by molar-refractivity contribution is 8.13. The van der Waals surface area contributed by atoms with Gasteiger partial charge in [-0.1, -0.05) is 32.5 Å². The van der Waals surface area contributed by atoms with Crippen molar-refractivity contribution < 1.29 is 24.3 Å². The molecule has 1 atom stereocenters. The number of thioether (sulfide) groups is 1. The summed E-state index contributed by atoms with van der Waals surface area (Å²) in [5, 5.41) is 13.7. The Kier molecular flexibility index (Phi) is 8.46. The number of hydrogen-bond acceptors (Lipinski definition) is 7. The molecule has 0 rings (SSSR count). The summed E-state index contributed by atoms with van der Waals surface area (Å²) in [6.07, 6.45) is 0. The van der Waals surface area contributed by atoms with Crippen molar-refractivity contribution in [2.45, 2.75) is 33.7 Å². The van der Waals surface area contributed by atoms with Crippen LogP contribution in [0.4, 0.5) is 0 Å². The predicted molar refractivity (Wildman–Crippen MR) is 80.5 cm³/mol. The Hall–Kier alpha value is -1.84. The van der Waals surface area contributed by atoms with Gasteiger partial charge in [0, 0.05) is 24.6 Å². The second kappa shape index (κ2) is 9.23. The molecule has 0 radical (unpaired) electrons. The van der Waals surface area contributed by atoms with Gasteiger partial charge in [-0.05, 0) is 0 Å². The summed E-state index contributed by atoms with van der Waals surface area (Å²) in [4.78, 5) is 48.9. The fourth-order valence-corrected chi connectivity index (χ4v) is 2.21. The van der Waals surface area contributed by atoms with E-state index in [0.29, 0.717) is 0 Å². The van der Waals surface area contributed by atoms with Crippen LogP contribution in [0.25, 0.3) is 0 Å². The normalized spacial score (nSPS) is 12.2. The van der Waals surface area contributed by atoms with Crippen molar-refractivity contribution in [3.63, 3.8) is 0 Å². The Morgan fingerprint density at radius 1 is 1.32 bits per heavy atom. The maximum absolute atomic E-state index is 11.9. The standard InChI is InChI=1S/C12H21N3O6S/c1-8(16)14-9(7-22-11(18)12(2,3)4)10(17)13-5-6-21-15(19)20/h9H,5-7H2,1-4H3,(H,13,17)(H,14,16). The van der Waals surface area contributed by atoms with Gasteiger partial charge in [0.25, 0.3) is 5.09 Å². The molecule has 9 nitrogen and oxygen atoms in total. The largest absolute Gasteiger partial charge is 0.352 e. The minimum atomic E-state index is -0.963. The van der Waals surface area contributed by atoms with Crippen molar-refractivity contribution in [3.05, 3.63) is 10.1 Å². The molecule has 0 aromatic rings. The second-order valence-corrected chi connectivity index (χ2v) is 6.44. The first-order valence-electron chi connectivity index (χ1n) is 6.53. The van der Waals surface area contributed by atoms with Crippen LogP contribution in [0.5, 0.6) is 0 Å². The first-order valence-corrected chi connectivity index (χ1v) is 7.52. The molecule has 10 heteroatoms. The Balaban J connectivity index is 4.43. The lowest BCUT2D eigenvalue weighted by molar-refractivity contribution is -0.757. The molecule has 0 bridgehead atoms. The highest BCUT2D eigenvalue weighted by atomic mass is 32.2. The lowest BCUT2D eigenvalue weighted by Gasteiger charge is -2.20. The third-order valence-corrected chi connectivity index (χ3v) is 3.66. The number of carbonyl (C=O) groups excluding carboxylic acids is 3. The molecule has 0 spiro atoms. The molecule has 0 heterocycles. The van der Waals surface area contributed by atoms with Gasteiger partial charge >= 0.3 is 0 Å². The quantitative estimate of drug-likeness (QED) is 0.366. The van der Waals surface area contributed by atoms with E-state index in [1.165, 1.54) is 6.92 Å². The maximum atomic E-state index is 11.9. The summed E-state index contributed by atoms with van der Waals surface area (Å²) in [6, 6.07) is -0.899. The van der Waals surface area contributed by atoms with Gasteiger partial charge in [-0.3, -0.25) is 14.4 Å². The highest BCUT2D eigenvalue weighted by Crippen LogP contribution is 2.23. The molecule has 2 amide bonds. The van der Waals surface area contributed by atoms with Crippen LogP contribution < -0.4 is 10.6 Å². The van der Waals surface area contributed by atoms with E-state index in [-0.39, 0.29) is 24.0 Å². The molecule has 0 fully saturated rings. The van der Waals surface area contributed by atoms with E-state index < -0.39 is 28.4 Å². The van der Waals surface area contributed by atoms with Gasteiger partial charge in [0.1, 0.15) is 12.6 Å². The van der Waals surface area contributed by atoms with E-state index in [9.17, 15) is 24.5 Å². The van der Waals surface area contributed by atoms with Crippen molar-refractivity contribution in [3.8, 4) is 0 Å². The maximum Gasteiger partial charge on any atom is 0.294 e. The molecule has 0 aliphatic rings. The molecule has 0 aromatic heterocycles. The molecule has 0 aliphatic heterocycles. The van der Waals surface area contributed by atoms with E-state index in [1.54, 1.807) is 20.8 Å². The van der Waals surface area contributed by atoms with Crippen LogP contribution in [-0.4, -0.2) is 47.0 Å². The minimum Gasteiger partial charge on any atom is -0.352 e. The Bertz CT molecular complexity index is 435. The summed E-state index contributed by atoms with van der Waals surface area (Å²) in [5.41, 5.74) is -0.554. The summed E-state index contributed by atoms with van der Waals surface area (Å²) in [5.74, 6) is -0.862. The zero-order valence-electron chi connectivity index (χ0n) is 13.0. The zero-order chi connectivity index (χ0) is 17.3. The van der Waals surface area contributed by atoms with Crippen LogP contribution in [0, 0.1) is 15.5 Å². The van der Waals surface area contributed by atoms with E-state index in [2.05, 4.69) is 15.5 Å². The topological polar surface area (TPSA) is 128 Å². The number of amides is 2. The van der Waals surface area contributed by atoms with E-state index in [4.69, 9.17) is 0 Å². The van der Waals surface area contributed by atoms with Gasteiger partial charge in [0.05, 0.1) is 0 Å². The summed E-state index contributed by atoms with van der Waals surface area (Å²) in [6.45, 7) is 6.15. The number of hydrogen-bond donors (Lipinski definition) is 2.